The van der Waals surface area contributed by atoms with Gasteiger partial charge in [0.25, 0.3) is 0 Å². The van der Waals surface area contributed by atoms with Crippen molar-refractivity contribution in [2.75, 3.05) is 13.1 Å². The average molecular weight is 355 g/mol. The van der Waals surface area contributed by atoms with Crippen LogP contribution in [0.25, 0.3) is 0 Å². The molecule has 0 aliphatic carbocycles. The maximum absolute atomic E-state index is 5.68. The van der Waals surface area contributed by atoms with Gasteiger partial charge in [0.05, 0.1) is 0 Å². The second-order valence-electron chi connectivity index (χ2n) is 8.33. The molecule has 0 aromatic rings. The quantitative estimate of drug-likeness (QED) is 0.232. The molecular formula is C23H50N2. The van der Waals surface area contributed by atoms with Gasteiger partial charge >= 0.3 is 0 Å². The van der Waals surface area contributed by atoms with Crippen LogP contribution in [0.4, 0.5) is 0 Å². The van der Waals surface area contributed by atoms with E-state index < -0.39 is 0 Å². The van der Waals surface area contributed by atoms with Gasteiger partial charge in [-0.05, 0) is 39.3 Å². The van der Waals surface area contributed by atoms with Gasteiger partial charge in [-0.2, -0.15) is 0 Å². The first-order valence-corrected chi connectivity index (χ1v) is 11.6. The molecule has 0 heterocycles. The molecule has 2 heteroatoms. The summed E-state index contributed by atoms with van der Waals surface area (Å²) in [4.78, 5) is 0. The molecule has 0 spiro atoms. The van der Waals surface area contributed by atoms with E-state index in [1.54, 1.807) is 0 Å². The van der Waals surface area contributed by atoms with Gasteiger partial charge in [-0.1, -0.05) is 104 Å². The Morgan fingerprint density at radius 3 is 1.40 bits per heavy atom. The smallest absolute Gasteiger partial charge is 0.0153 e. The van der Waals surface area contributed by atoms with E-state index in [1.807, 2.05) is 0 Å². The molecular weight excluding hydrogens is 304 g/mol. The summed E-state index contributed by atoms with van der Waals surface area (Å²) in [6, 6.07) is 0. The minimum absolute atomic E-state index is 0.311. The van der Waals surface area contributed by atoms with Crippen molar-refractivity contribution in [1.29, 1.82) is 0 Å². The molecule has 0 fully saturated rings. The Labute approximate surface area is 160 Å². The highest BCUT2D eigenvalue weighted by molar-refractivity contribution is 4.82. The normalized spacial score (nSPS) is 13.9. The van der Waals surface area contributed by atoms with Crippen molar-refractivity contribution in [3.8, 4) is 0 Å². The fourth-order valence-electron chi connectivity index (χ4n) is 3.93. The third-order valence-corrected chi connectivity index (χ3v) is 5.62. The predicted molar refractivity (Wildman–Crippen MR) is 115 cm³/mol. The lowest BCUT2D eigenvalue weighted by Gasteiger charge is -2.31. The lowest BCUT2D eigenvalue weighted by Crippen LogP contribution is -2.42. The zero-order chi connectivity index (χ0) is 18.6. The summed E-state index contributed by atoms with van der Waals surface area (Å²) in [7, 11) is 0. The minimum atomic E-state index is 0.311. The molecule has 0 rings (SSSR count). The van der Waals surface area contributed by atoms with E-state index in [4.69, 9.17) is 5.73 Å². The topological polar surface area (TPSA) is 38.0 Å². The zero-order valence-corrected chi connectivity index (χ0v) is 18.0. The van der Waals surface area contributed by atoms with Crippen molar-refractivity contribution >= 4 is 0 Å². The Morgan fingerprint density at radius 2 is 1.00 bits per heavy atom. The molecule has 0 aliphatic heterocycles. The van der Waals surface area contributed by atoms with Crippen molar-refractivity contribution in [2.45, 2.75) is 135 Å². The maximum atomic E-state index is 5.68. The van der Waals surface area contributed by atoms with E-state index in [-0.39, 0.29) is 0 Å². The summed E-state index contributed by atoms with van der Waals surface area (Å²) in [6.07, 6.45) is 23.8. The van der Waals surface area contributed by atoms with Crippen LogP contribution >= 0.6 is 0 Å². The van der Waals surface area contributed by atoms with E-state index in [2.05, 4.69) is 26.1 Å². The Kier molecular flexibility index (Phi) is 18.6. The molecule has 2 nitrogen and oxygen atoms in total. The number of nitrogens with two attached hydrogens (primary N) is 1. The van der Waals surface area contributed by atoms with Crippen LogP contribution in [0, 0.1) is 0 Å². The average Bonchev–Trinajstić information content (AvgIpc) is 2.60. The first-order valence-electron chi connectivity index (χ1n) is 11.6. The van der Waals surface area contributed by atoms with Gasteiger partial charge in [-0.3, -0.25) is 0 Å². The minimum Gasteiger partial charge on any atom is -0.330 e. The summed E-state index contributed by atoms with van der Waals surface area (Å²) < 4.78 is 0. The second kappa shape index (κ2) is 18.7. The Morgan fingerprint density at radius 1 is 0.600 bits per heavy atom. The number of rotatable bonds is 20. The van der Waals surface area contributed by atoms with E-state index in [0.717, 1.165) is 19.5 Å². The van der Waals surface area contributed by atoms with Gasteiger partial charge in [0.2, 0.25) is 0 Å². The largest absolute Gasteiger partial charge is 0.330 e. The Hall–Kier alpha value is -0.0800. The molecule has 0 amide bonds. The highest BCUT2D eigenvalue weighted by Gasteiger charge is 2.21. The molecule has 3 N–H and O–H groups in total. The molecule has 0 bridgehead atoms. The van der Waals surface area contributed by atoms with Gasteiger partial charge in [0.1, 0.15) is 0 Å². The van der Waals surface area contributed by atoms with Crippen LogP contribution in [0.2, 0.25) is 0 Å². The molecule has 0 aliphatic rings. The summed E-state index contributed by atoms with van der Waals surface area (Å²) in [6.45, 7) is 8.78. The molecule has 0 aromatic carbocycles. The van der Waals surface area contributed by atoms with Gasteiger partial charge in [-0.15, -0.1) is 0 Å². The molecule has 0 aromatic heterocycles. The SMILES string of the molecule is CCCCCCCCCCCCCCCCC(C)(CCCN)NCC. The van der Waals surface area contributed by atoms with Crippen LogP contribution in [-0.4, -0.2) is 18.6 Å². The fourth-order valence-corrected chi connectivity index (χ4v) is 3.93. The third kappa shape index (κ3) is 17.1. The Bertz CT molecular complexity index is 254. The zero-order valence-electron chi connectivity index (χ0n) is 18.0. The van der Waals surface area contributed by atoms with E-state index in [0.29, 0.717) is 5.54 Å². The van der Waals surface area contributed by atoms with Crippen LogP contribution in [-0.2, 0) is 0 Å². The van der Waals surface area contributed by atoms with Crippen molar-refractivity contribution in [2.24, 2.45) is 5.73 Å². The number of hydrogen-bond acceptors (Lipinski definition) is 2. The fraction of sp³-hybridized carbons (Fsp3) is 1.00. The van der Waals surface area contributed by atoms with Crippen molar-refractivity contribution in [1.82, 2.24) is 5.32 Å². The van der Waals surface area contributed by atoms with E-state index >= 15 is 0 Å². The first kappa shape index (κ1) is 24.9. The van der Waals surface area contributed by atoms with Crippen LogP contribution in [0.3, 0.4) is 0 Å². The third-order valence-electron chi connectivity index (χ3n) is 5.62. The van der Waals surface area contributed by atoms with Gasteiger partial charge < -0.3 is 11.1 Å². The van der Waals surface area contributed by atoms with Gasteiger partial charge in [0, 0.05) is 5.54 Å². The molecule has 152 valence electrons. The highest BCUT2D eigenvalue weighted by Crippen LogP contribution is 2.21. The molecule has 25 heavy (non-hydrogen) atoms. The summed E-state index contributed by atoms with van der Waals surface area (Å²) >= 11 is 0. The Balaban J connectivity index is 3.36. The van der Waals surface area contributed by atoms with Crippen LogP contribution in [0.5, 0.6) is 0 Å². The molecule has 1 unspecified atom stereocenters. The number of unbranched alkanes of at least 4 members (excludes halogenated alkanes) is 13. The predicted octanol–water partition coefficient (Wildman–Crippen LogP) is 6.96. The van der Waals surface area contributed by atoms with Crippen LogP contribution in [0.1, 0.15) is 130 Å². The van der Waals surface area contributed by atoms with Crippen LogP contribution < -0.4 is 11.1 Å². The standard InChI is InChI=1S/C23H50N2/c1-4-6-7-8-9-10-11-12-13-14-15-16-17-18-20-23(3,25-5-2)21-19-22-24/h25H,4-22,24H2,1-3H3. The molecule has 0 saturated heterocycles. The second-order valence-corrected chi connectivity index (χ2v) is 8.33. The lowest BCUT2D eigenvalue weighted by molar-refractivity contribution is 0.298. The number of hydrogen-bond donors (Lipinski definition) is 2. The monoisotopic (exact) mass is 354 g/mol. The molecule has 1 atom stereocenters. The van der Waals surface area contributed by atoms with Gasteiger partial charge in [0.15, 0.2) is 0 Å². The maximum Gasteiger partial charge on any atom is 0.0153 e. The van der Waals surface area contributed by atoms with Gasteiger partial charge in [-0.25, -0.2) is 0 Å². The van der Waals surface area contributed by atoms with Crippen molar-refractivity contribution in [3.05, 3.63) is 0 Å². The van der Waals surface area contributed by atoms with E-state index in [9.17, 15) is 0 Å². The first-order chi connectivity index (χ1) is 12.2. The van der Waals surface area contributed by atoms with E-state index in [1.165, 1.54) is 103 Å². The summed E-state index contributed by atoms with van der Waals surface area (Å²) in [5, 5.41) is 3.68. The molecule has 0 saturated carbocycles. The summed E-state index contributed by atoms with van der Waals surface area (Å²) in [5.74, 6) is 0. The van der Waals surface area contributed by atoms with Crippen LogP contribution in [0.15, 0.2) is 0 Å². The lowest BCUT2D eigenvalue weighted by atomic mass is 9.89. The summed E-state index contributed by atoms with van der Waals surface area (Å²) in [5.41, 5.74) is 6.00. The highest BCUT2D eigenvalue weighted by atomic mass is 14.9. The molecule has 0 radical (unpaired) electrons. The number of nitrogens with one attached hydrogen (secondary N) is 1. The van der Waals surface area contributed by atoms with Crippen molar-refractivity contribution in [3.63, 3.8) is 0 Å². The van der Waals surface area contributed by atoms with Crippen molar-refractivity contribution < 1.29 is 0 Å².